The fourth-order valence-corrected chi connectivity index (χ4v) is 3.05. The van der Waals surface area contributed by atoms with Gasteiger partial charge in [0, 0.05) is 20.6 Å². The van der Waals surface area contributed by atoms with E-state index in [1.54, 1.807) is 18.2 Å². The number of anilines is 1. The van der Waals surface area contributed by atoms with Crippen molar-refractivity contribution in [3.63, 3.8) is 0 Å². The summed E-state index contributed by atoms with van der Waals surface area (Å²) in [5.74, 6) is 0.842. The van der Waals surface area contributed by atoms with Gasteiger partial charge < -0.3 is 10.3 Å². The zero-order valence-corrected chi connectivity index (χ0v) is 13.7. The number of hydrogen-bond acceptors (Lipinski definition) is 3. The molecule has 106 valence electrons. The fourth-order valence-electron chi connectivity index (χ4n) is 2.08. The molecule has 0 aliphatic rings. The second kappa shape index (κ2) is 5.72. The van der Waals surface area contributed by atoms with Crippen molar-refractivity contribution in [1.29, 1.82) is 0 Å². The monoisotopic (exact) mass is 382 g/mol. The van der Waals surface area contributed by atoms with Gasteiger partial charge >= 0.3 is 0 Å². The van der Waals surface area contributed by atoms with Gasteiger partial charge in [0.05, 0.1) is 10.6 Å². The molecule has 0 atom stereocenters. The molecule has 2 aromatic carbocycles. The Hall–Kier alpha value is -1.49. The summed E-state index contributed by atoms with van der Waals surface area (Å²) in [6.07, 6.45) is 0. The van der Waals surface area contributed by atoms with E-state index in [0.29, 0.717) is 21.4 Å². The first-order valence-corrected chi connectivity index (χ1v) is 7.58. The molecule has 3 rings (SSSR count). The largest absolute Gasteiger partial charge is 0.380 e. The molecule has 1 heterocycles. The van der Waals surface area contributed by atoms with Crippen molar-refractivity contribution in [2.45, 2.75) is 0 Å². The number of halogens is 3. The lowest BCUT2D eigenvalue weighted by molar-refractivity contribution is 0.436. The molecule has 21 heavy (non-hydrogen) atoms. The summed E-state index contributed by atoms with van der Waals surface area (Å²) in [6.45, 7) is 0. The molecular formula is C15H9BrCl2N2O. The van der Waals surface area contributed by atoms with Gasteiger partial charge in [-0.05, 0) is 24.3 Å². The molecular weight excluding hydrogens is 375 g/mol. The third-order valence-electron chi connectivity index (χ3n) is 3.04. The number of nitrogen functional groups attached to an aromatic ring is 1. The summed E-state index contributed by atoms with van der Waals surface area (Å²) >= 11 is 15.7. The quantitative estimate of drug-likeness (QED) is 0.621. The third kappa shape index (κ3) is 2.67. The van der Waals surface area contributed by atoms with Crippen LogP contribution in [0.1, 0.15) is 0 Å². The van der Waals surface area contributed by atoms with Crippen LogP contribution >= 0.6 is 39.1 Å². The zero-order chi connectivity index (χ0) is 15.0. The van der Waals surface area contributed by atoms with Gasteiger partial charge in [-0.15, -0.1) is 0 Å². The van der Waals surface area contributed by atoms with E-state index in [0.717, 1.165) is 15.6 Å². The van der Waals surface area contributed by atoms with Gasteiger partial charge in [-0.3, -0.25) is 0 Å². The minimum atomic E-state index is 0.282. The van der Waals surface area contributed by atoms with Crippen molar-refractivity contribution in [2.75, 3.05) is 5.73 Å². The molecule has 0 amide bonds. The molecule has 3 aromatic rings. The number of rotatable bonds is 2. The van der Waals surface area contributed by atoms with Crippen LogP contribution in [0, 0.1) is 0 Å². The van der Waals surface area contributed by atoms with Crippen LogP contribution in [-0.2, 0) is 0 Å². The minimum absolute atomic E-state index is 0.282. The second-order valence-electron chi connectivity index (χ2n) is 4.38. The van der Waals surface area contributed by atoms with Gasteiger partial charge in [0.2, 0.25) is 0 Å². The molecule has 6 heteroatoms. The van der Waals surface area contributed by atoms with Crippen LogP contribution in [0.15, 0.2) is 51.5 Å². The van der Waals surface area contributed by atoms with Crippen LogP contribution in [0.4, 0.5) is 5.82 Å². The van der Waals surface area contributed by atoms with E-state index in [2.05, 4.69) is 21.1 Å². The summed E-state index contributed by atoms with van der Waals surface area (Å²) in [7, 11) is 0. The Morgan fingerprint density at radius 1 is 1.05 bits per heavy atom. The van der Waals surface area contributed by atoms with Crippen LogP contribution in [-0.4, -0.2) is 5.16 Å². The standard InChI is InChI=1S/C15H9BrCl2N2O/c16-11-4-2-1-3-9(11)14-13(15(19)20-21-14)10-6-5-8(17)7-12(10)18/h1-7H,(H2,19,20). The molecule has 0 saturated carbocycles. The van der Waals surface area contributed by atoms with Crippen LogP contribution in [0.5, 0.6) is 0 Å². The van der Waals surface area contributed by atoms with E-state index in [1.165, 1.54) is 0 Å². The van der Waals surface area contributed by atoms with E-state index in [1.807, 2.05) is 24.3 Å². The van der Waals surface area contributed by atoms with Gasteiger partial charge in [-0.25, -0.2) is 0 Å². The van der Waals surface area contributed by atoms with Crippen LogP contribution in [0.25, 0.3) is 22.5 Å². The van der Waals surface area contributed by atoms with E-state index < -0.39 is 0 Å². The van der Waals surface area contributed by atoms with Gasteiger partial charge in [-0.1, -0.05) is 62.5 Å². The molecule has 0 unspecified atom stereocenters. The Kier molecular flexibility index (Phi) is 3.93. The number of nitrogens with zero attached hydrogens (tertiary/aromatic N) is 1. The Morgan fingerprint density at radius 2 is 1.81 bits per heavy atom. The highest BCUT2D eigenvalue weighted by Crippen LogP contribution is 2.42. The molecule has 3 nitrogen and oxygen atoms in total. The maximum atomic E-state index is 6.27. The van der Waals surface area contributed by atoms with Gasteiger partial charge in [0.15, 0.2) is 11.6 Å². The predicted molar refractivity (Wildman–Crippen MR) is 89.5 cm³/mol. The average molecular weight is 384 g/mol. The summed E-state index contributed by atoms with van der Waals surface area (Å²) in [5, 5.41) is 4.91. The third-order valence-corrected chi connectivity index (χ3v) is 4.28. The van der Waals surface area contributed by atoms with E-state index in [9.17, 15) is 0 Å². The lowest BCUT2D eigenvalue weighted by atomic mass is 10.0. The topological polar surface area (TPSA) is 52.0 Å². The number of aromatic nitrogens is 1. The van der Waals surface area contributed by atoms with Crippen LogP contribution in [0.2, 0.25) is 10.0 Å². The van der Waals surface area contributed by atoms with E-state index in [4.69, 9.17) is 33.5 Å². The van der Waals surface area contributed by atoms with E-state index in [-0.39, 0.29) is 5.82 Å². The predicted octanol–water partition coefficient (Wildman–Crippen LogP) is 5.66. The van der Waals surface area contributed by atoms with Crippen molar-refractivity contribution in [2.24, 2.45) is 0 Å². The molecule has 0 spiro atoms. The number of benzene rings is 2. The Labute approximate surface area is 139 Å². The van der Waals surface area contributed by atoms with E-state index >= 15 is 0 Å². The Morgan fingerprint density at radius 3 is 2.52 bits per heavy atom. The summed E-state index contributed by atoms with van der Waals surface area (Å²) < 4.78 is 6.29. The fraction of sp³-hybridized carbons (Fsp3) is 0. The van der Waals surface area contributed by atoms with Crippen LogP contribution in [0.3, 0.4) is 0 Å². The van der Waals surface area contributed by atoms with Gasteiger partial charge in [0.25, 0.3) is 0 Å². The lowest BCUT2D eigenvalue weighted by Gasteiger charge is -2.07. The van der Waals surface area contributed by atoms with Crippen molar-refractivity contribution >= 4 is 44.9 Å². The summed E-state index contributed by atoms with van der Waals surface area (Å²) in [5.41, 5.74) is 8.19. The lowest BCUT2D eigenvalue weighted by Crippen LogP contribution is -1.90. The van der Waals surface area contributed by atoms with Crippen molar-refractivity contribution in [3.8, 4) is 22.5 Å². The Bertz CT molecular complexity index is 817. The molecule has 0 radical (unpaired) electrons. The number of nitrogens with two attached hydrogens (primary N) is 1. The molecule has 2 N–H and O–H groups in total. The first-order valence-electron chi connectivity index (χ1n) is 6.03. The SMILES string of the molecule is Nc1noc(-c2ccccc2Br)c1-c1ccc(Cl)cc1Cl. The second-order valence-corrected chi connectivity index (χ2v) is 6.07. The highest BCUT2D eigenvalue weighted by Gasteiger charge is 2.21. The van der Waals surface area contributed by atoms with Crippen molar-refractivity contribution in [3.05, 3.63) is 57.0 Å². The molecule has 1 aromatic heterocycles. The van der Waals surface area contributed by atoms with Gasteiger partial charge in [0.1, 0.15) is 0 Å². The Balaban J connectivity index is 2.25. The molecule has 0 saturated heterocycles. The minimum Gasteiger partial charge on any atom is -0.380 e. The summed E-state index contributed by atoms with van der Waals surface area (Å²) in [4.78, 5) is 0. The molecule has 0 bridgehead atoms. The normalized spacial score (nSPS) is 10.8. The average Bonchev–Trinajstić information content (AvgIpc) is 2.81. The number of hydrogen-bond donors (Lipinski definition) is 1. The highest BCUT2D eigenvalue weighted by atomic mass is 79.9. The molecule has 0 aliphatic heterocycles. The van der Waals surface area contributed by atoms with Crippen molar-refractivity contribution in [1.82, 2.24) is 5.16 Å². The van der Waals surface area contributed by atoms with Crippen LogP contribution < -0.4 is 5.73 Å². The molecule has 0 fully saturated rings. The maximum Gasteiger partial charge on any atom is 0.178 e. The highest BCUT2D eigenvalue weighted by molar-refractivity contribution is 9.10. The maximum absolute atomic E-state index is 6.27. The summed E-state index contributed by atoms with van der Waals surface area (Å²) in [6, 6.07) is 12.9. The van der Waals surface area contributed by atoms with Crippen molar-refractivity contribution < 1.29 is 4.52 Å². The van der Waals surface area contributed by atoms with Gasteiger partial charge in [-0.2, -0.15) is 0 Å². The molecule has 0 aliphatic carbocycles. The smallest absolute Gasteiger partial charge is 0.178 e. The first kappa shape index (κ1) is 14.4. The zero-order valence-electron chi connectivity index (χ0n) is 10.6. The first-order chi connectivity index (χ1) is 10.1.